The van der Waals surface area contributed by atoms with Gasteiger partial charge in [0.05, 0.1) is 0 Å². The molecule has 1 fully saturated rings. The van der Waals surface area contributed by atoms with Crippen LogP contribution in [0.15, 0.2) is 0 Å². The average molecular weight is 214 g/mol. The highest BCUT2D eigenvalue weighted by molar-refractivity contribution is 5.82. The molecule has 0 atom stereocenters. The van der Waals surface area contributed by atoms with E-state index in [1.165, 1.54) is 4.90 Å². The Morgan fingerprint density at radius 1 is 1.40 bits per heavy atom. The fourth-order valence-corrected chi connectivity index (χ4v) is 1.38. The number of esters is 1. The molecule has 5 heteroatoms. The molecule has 15 heavy (non-hydrogen) atoms. The van der Waals surface area contributed by atoms with Gasteiger partial charge in [0.1, 0.15) is 12.1 Å². The van der Waals surface area contributed by atoms with Crippen LogP contribution in [0.25, 0.3) is 0 Å². The van der Waals surface area contributed by atoms with Crippen LogP contribution in [0.2, 0.25) is 0 Å². The minimum atomic E-state index is -0.494. The van der Waals surface area contributed by atoms with Gasteiger partial charge >= 0.3 is 12.0 Å². The summed E-state index contributed by atoms with van der Waals surface area (Å²) in [4.78, 5) is 26.0. The second-order valence-electron chi connectivity index (χ2n) is 4.71. The Morgan fingerprint density at radius 2 is 2.00 bits per heavy atom. The summed E-state index contributed by atoms with van der Waals surface area (Å²) in [5.74, 6) is -0.355. The topological polar surface area (TPSA) is 49.9 Å². The highest BCUT2D eigenvalue weighted by Gasteiger charge is 2.28. The van der Waals surface area contributed by atoms with Crippen LogP contribution < -0.4 is 0 Å². The molecule has 0 aromatic carbocycles. The molecule has 0 bridgehead atoms. The van der Waals surface area contributed by atoms with Gasteiger partial charge in [0, 0.05) is 20.1 Å². The van der Waals surface area contributed by atoms with Crippen molar-refractivity contribution < 1.29 is 14.3 Å². The Kier molecular flexibility index (Phi) is 3.21. The summed E-state index contributed by atoms with van der Waals surface area (Å²) in [7, 11) is 1.72. The number of rotatable bonds is 2. The van der Waals surface area contributed by atoms with Gasteiger partial charge in [-0.25, -0.2) is 4.79 Å². The molecule has 1 aliphatic rings. The van der Waals surface area contributed by atoms with E-state index in [0.717, 1.165) is 0 Å². The fourth-order valence-electron chi connectivity index (χ4n) is 1.38. The molecule has 86 valence electrons. The molecule has 0 aliphatic carbocycles. The summed E-state index contributed by atoms with van der Waals surface area (Å²) in [6, 6.07) is -0.110. The summed E-state index contributed by atoms with van der Waals surface area (Å²) in [5.41, 5.74) is -0.494. The van der Waals surface area contributed by atoms with Crippen molar-refractivity contribution in [2.45, 2.75) is 26.4 Å². The summed E-state index contributed by atoms with van der Waals surface area (Å²) in [6.07, 6.45) is 0. The van der Waals surface area contributed by atoms with Gasteiger partial charge in [0.25, 0.3) is 0 Å². The predicted molar refractivity (Wildman–Crippen MR) is 55.4 cm³/mol. The Hall–Kier alpha value is -1.26. The fraction of sp³-hybridized carbons (Fsp3) is 0.800. The Balaban J connectivity index is 2.43. The number of urea groups is 1. The lowest BCUT2D eigenvalue weighted by Crippen LogP contribution is -2.37. The molecule has 1 aliphatic heterocycles. The molecule has 2 amide bonds. The van der Waals surface area contributed by atoms with E-state index >= 15 is 0 Å². The molecule has 0 spiro atoms. The molecule has 1 rings (SSSR count). The third kappa shape index (κ3) is 3.42. The SMILES string of the molecule is CN1CCN(CC(=O)OC(C)(C)C)C1=O. The van der Waals surface area contributed by atoms with E-state index in [9.17, 15) is 9.59 Å². The van der Waals surface area contributed by atoms with Crippen molar-refractivity contribution in [1.82, 2.24) is 9.80 Å². The maximum Gasteiger partial charge on any atom is 0.326 e. The molecule has 1 heterocycles. The second-order valence-corrected chi connectivity index (χ2v) is 4.71. The van der Waals surface area contributed by atoms with Crippen molar-refractivity contribution in [1.29, 1.82) is 0 Å². The third-order valence-electron chi connectivity index (χ3n) is 2.04. The molecule has 0 N–H and O–H groups in total. The first-order valence-electron chi connectivity index (χ1n) is 5.01. The van der Waals surface area contributed by atoms with Gasteiger partial charge in [-0.1, -0.05) is 0 Å². The summed E-state index contributed by atoms with van der Waals surface area (Å²) in [6.45, 7) is 6.73. The monoisotopic (exact) mass is 214 g/mol. The maximum atomic E-state index is 11.5. The summed E-state index contributed by atoms with van der Waals surface area (Å²) in [5, 5.41) is 0. The summed E-state index contributed by atoms with van der Waals surface area (Å²) < 4.78 is 5.13. The van der Waals surface area contributed by atoms with Crippen LogP contribution >= 0.6 is 0 Å². The first-order valence-corrected chi connectivity index (χ1v) is 5.01. The van der Waals surface area contributed by atoms with Crippen molar-refractivity contribution in [2.24, 2.45) is 0 Å². The predicted octanol–water partition coefficient (Wildman–Crippen LogP) is 0.695. The van der Waals surface area contributed by atoms with Gasteiger partial charge in [-0.3, -0.25) is 4.79 Å². The summed E-state index contributed by atoms with van der Waals surface area (Å²) >= 11 is 0. The maximum absolute atomic E-state index is 11.5. The molecule has 0 unspecified atom stereocenters. The van der Waals surface area contributed by atoms with Crippen molar-refractivity contribution in [2.75, 3.05) is 26.7 Å². The van der Waals surface area contributed by atoms with Gasteiger partial charge < -0.3 is 14.5 Å². The minimum absolute atomic E-state index is 0.0421. The Labute approximate surface area is 90.0 Å². The largest absolute Gasteiger partial charge is 0.459 e. The van der Waals surface area contributed by atoms with E-state index in [2.05, 4.69) is 0 Å². The lowest BCUT2D eigenvalue weighted by molar-refractivity contribution is -0.155. The van der Waals surface area contributed by atoms with Crippen LogP contribution in [0, 0.1) is 0 Å². The van der Waals surface area contributed by atoms with Gasteiger partial charge in [0.2, 0.25) is 0 Å². The lowest BCUT2D eigenvalue weighted by Gasteiger charge is -2.22. The van der Waals surface area contributed by atoms with E-state index in [4.69, 9.17) is 4.74 Å². The second kappa shape index (κ2) is 4.08. The molecule has 5 nitrogen and oxygen atoms in total. The molecule has 0 aromatic rings. The number of amides is 2. The van der Waals surface area contributed by atoms with Crippen LogP contribution in [0.3, 0.4) is 0 Å². The molecule has 0 aromatic heterocycles. The average Bonchev–Trinajstić information content (AvgIpc) is 2.32. The van der Waals surface area contributed by atoms with E-state index in [1.807, 2.05) is 20.8 Å². The number of likely N-dealkylation sites (N-methyl/N-ethyl adjacent to an activating group) is 1. The van der Waals surface area contributed by atoms with E-state index in [1.54, 1.807) is 11.9 Å². The van der Waals surface area contributed by atoms with Gasteiger partial charge in [0.15, 0.2) is 0 Å². The van der Waals surface area contributed by atoms with Gasteiger partial charge in [-0.2, -0.15) is 0 Å². The molecular weight excluding hydrogens is 196 g/mol. The van der Waals surface area contributed by atoms with Crippen LogP contribution in [0.1, 0.15) is 20.8 Å². The standard InChI is InChI=1S/C10H18N2O3/c1-10(2,3)15-8(13)7-12-6-5-11(4)9(12)14/h5-7H2,1-4H3. The van der Waals surface area contributed by atoms with Gasteiger partial charge in [-0.05, 0) is 20.8 Å². The van der Waals surface area contributed by atoms with Crippen LogP contribution in [-0.2, 0) is 9.53 Å². The Morgan fingerprint density at radius 3 is 2.40 bits per heavy atom. The number of nitrogens with zero attached hydrogens (tertiary/aromatic N) is 2. The number of hydrogen-bond acceptors (Lipinski definition) is 3. The van der Waals surface area contributed by atoms with Crippen molar-refractivity contribution >= 4 is 12.0 Å². The lowest BCUT2D eigenvalue weighted by atomic mass is 10.2. The third-order valence-corrected chi connectivity index (χ3v) is 2.04. The highest BCUT2D eigenvalue weighted by atomic mass is 16.6. The number of carbonyl (C=O) groups is 2. The first kappa shape index (κ1) is 11.8. The van der Waals surface area contributed by atoms with E-state index < -0.39 is 5.60 Å². The highest BCUT2D eigenvalue weighted by Crippen LogP contribution is 2.10. The van der Waals surface area contributed by atoms with Crippen LogP contribution in [0.5, 0.6) is 0 Å². The van der Waals surface area contributed by atoms with Crippen molar-refractivity contribution in [3.05, 3.63) is 0 Å². The normalized spacial score (nSPS) is 17.2. The smallest absolute Gasteiger partial charge is 0.326 e. The number of carbonyl (C=O) groups excluding carboxylic acids is 2. The Bertz CT molecular complexity index is 270. The number of hydrogen-bond donors (Lipinski definition) is 0. The van der Waals surface area contributed by atoms with Crippen LogP contribution in [-0.4, -0.2) is 54.1 Å². The molecular formula is C10H18N2O3. The molecule has 1 saturated heterocycles. The number of ether oxygens (including phenoxy) is 1. The van der Waals surface area contributed by atoms with E-state index in [-0.39, 0.29) is 18.5 Å². The zero-order valence-electron chi connectivity index (χ0n) is 9.74. The van der Waals surface area contributed by atoms with Gasteiger partial charge in [-0.15, -0.1) is 0 Å². The molecule has 0 radical (unpaired) electrons. The van der Waals surface area contributed by atoms with Crippen molar-refractivity contribution in [3.8, 4) is 0 Å². The first-order chi connectivity index (χ1) is 6.79. The zero-order chi connectivity index (χ0) is 11.6. The van der Waals surface area contributed by atoms with Crippen LogP contribution in [0.4, 0.5) is 4.79 Å². The quantitative estimate of drug-likeness (QED) is 0.636. The minimum Gasteiger partial charge on any atom is -0.459 e. The van der Waals surface area contributed by atoms with E-state index in [0.29, 0.717) is 13.1 Å². The molecule has 0 saturated carbocycles. The van der Waals surface area contributed by atoms with Crippen molar-refractivity contribution in [3.63, 3.8) is 0 Å². The zero-order valence-corrected chi connectivity index (χ0v) is 9.74.